The van der Waals surface area contributed by atoms with Gasteiger partial charge in [-0.25, -0.2) is 0 Å². The molecule has 0 bridgehead atoms. The minimum atomic E-state index is -0.172. The maximum atomic E-state index is 12.4. The molecule has 1 amide bonds. The van der Waals surface area contributed by atoms with Crippen molar-refractivity contribution in [3.8, 4) is 11.8 Å². The number of hydrogen-bond acceptors (Lipinski definition) is 2. The van der Waals surface area contributed by atoms with Crippen molar-refractivity contribution in [3.05, 3.63) is 34.9 Å². The summed E-state index contributed by atoms with van der Waals surface area (Å²) in [5, 5.41) is 11.9. The Morgan fingerprint density at radius 2 is 2.19 bits per heavy atom. The molecule has 3 nitrogen and oxygen atoms in total. The van der Waals surface area contributed by atoms with Crippen LogP contribution in [0, 0.1) is 24.2 Å². The van der Waals surface area contributed by atoms with Crippen LogP contribution < -0.4 is 5.32 Å². The van der Waals surface area contributed by atoms with Gasteiger partial charge in [0, 0.05) is 17.7 Å². The lowest BCUT2D eigenvalue weighted by Crippen LogP contribution is -2.41. The second-order valence-electron chi connectivity index (χ2n) is 5.83. The van der Waals surface area contributed by atoms with Crippen LogP contribution in [0.25, 0.3) is 0 Å². The Morgan fingerprint density at radius 3 is 2.76 bits per heavy atom. The van der Waals surface area contributed by atoms with Gasteiger partial charge in [-0.3, -0.25) is 4.79 Å². The summed E-state index contributed by atoms with van der Waals surface area (Å²) in [5.41, 5.74) is 2.66. The number of nitrogens with one attached hydrogen (secondary N) is 1. The number of rotatable bonds is 4. The monoisotopic (exact) mass is 285 g/mol. The first-order chi connectivity index (χ1) is 10.1. The largest absolute Gasteiger partial charge is 0.384 e. The number of aliphatic hydroxyl groups is 1. The maximum Gasteiger partial charge on any atom is 0.251 e. The highest BCUT2D eigenvalue weighted by atomic mass is 16.2. The Balaban J connectivity index is 2.09. The van der Waals surface area contributed by atoms with Crippen LogP contribution >= 0.6 is 0 Å². The molecule has 0 radical (unpaired) electrons. The first-order valence-corrected chi connectivity index (χ1v) is 7.59. The van der Waals surface area contributed by atoms with E-state index in [0.717, 1.165) is 24.1 Å². The molecule has 3 heteroatoms. The van der Waals surface area contributed by atoms with Gasteiger partial charge in [0.05, 0.1) is 0 Å². The molecule has 2 rings (SSSR count). The molecule has 1 aliphatic carbocycles. The van der Waals surface area contributed by atoms with Crippen molar-refractivity contribution in [2.24, 2.45) is 5.41 Å². The van der Waals surface area contributed by atoms with Crippen molar-refractivity contribution >= 4 is 5.91 Å². The van der Waals surface area contributed by atoms with E-state index in [2.05, 4.69) is 24.1 Å². The molecule has 0 spiro atoms. The summed E-state index contributed by atoms with van der Waals surface area (Å²) in [4.78, 5) is 12.4. The van der Waals surface area contributed by atoms with E-state index in [1.807, 2.05) is 25.1 Å². The zero-order valence-electron chi connectivity index (χ0n) is 12.8. The highest BCUT2D eigenvalue weighted by Crippen LogP contribution is 2.43. The fraction of sp³-hybridized carbons (Fsp3) is 0.500. The van der Waals surface area contributed by atoms with Gasteiger partial charge < -0.3 is 10.4 Å². The fourth-order valence-electron chi connectivity index (χ4n) is 2.85. The van der Waals surface area contributed by atoms with Gasteiger partial charge in [0.2, 0.25) is 0 Å². The molecular weight excluding hydrogens is 262 g/mol. The normalized spacial score (nSPS) is 15.6. The summed E-state index contributed by atoms with van der Waals surface area (Å²) in [6.07, 6.45) is 4.82. The fourth-order valence-corrected chi connectivity index (χ4v) is 2.85. The van der Waals surface area contributed by atoms with E-state index in [4.69, 9.17) is 5.11 Å². The second kappa shape index (κ2) is 6.78. The van der Waals surface area contributed by atoms with Gasteiger partial charge >= 0.3 is 0 Å². The van der Waals surface area contributed by atoms with Gasteiger partial charge in [-0.2, -0.15) is 0 Å². The summed E-state index contributed by atoms with van der Waals surface area (Å²) in [6.45, 7) is 4.68. The molecule has 1 aliphatic rings. The van der Waals surface area contributed by atoms with Crippen molar-refractivity contribution in [3.63, 3.8) is 0 Å². The molecule has 1 saturated carbocycles. The van der Waals surface area contributed by atoms with Crippen molar-refractivity contribution in [1.29, 1.82) is 0 Å². The van der Waals surface area contributed by atoms with Crippen LogP contribution in [0.1, 0.15) is 54.1 Å². The van der Waals surface area contributed by atoms with E-state index >= 15 is 0 Å². The maximum absolute atomic E-state index is 12.4. The van der Waals surface area contributed by atoms with Crippen LogP contribution in [0.3, 0.4) is 0 Å². The number of aliphatic hydroxyl groups excluding tert-OH is 1. The van der Waals surface area contributed by atoms with Crippen molar-refractivity contribution in [2.45, 2.75) is 39.5 Å². The van der Waals surface area contributed by atoms with Gasteiger partial charge in [0.1, 0.15) is 6.61 Å². The average Bonchev–Trinajstić information content (AvgIpc) is 2.45. The predicted molar refractivity (Wildman–Crippen MR) is 84.1 cm³/mol. The molecule has 0 saturated heterocycles. The topological polar surface area (TPSA) is 49.3 Å². The van der Waals surface area contributed by atoms with Crippen molar-refractivity contribution < 1.29 is 9.90 Å². The van der Waals surface area contributed by atoms with E-state index in [1.165, 1.54) is 19.3 Å². The van der Waals surface area contributed by atoms with Gasteiger partial charge in [-0.15, -0.1) is 0 Å². The summed E-state index contributed by atoms with van der Waals surface area (Å²) in [6, 6.07) is 5.53. The lowest BCUT2D eigenvalue weighted by molar-refractivity contribution is 0.0849. The summed E-state index contributed by atoms with van der Waals surface area (Å²) in [7, 11) is 0. The Kier molecular flexibility index (Phi) is 5.03. The molecule has 1 aromatic rings. The third-order valence-electron chi connectivity index (χ3n) is 4.67. The molecule has 0 aromatic heterocycles. The van der Waals surface area contributed by atoms with Gasteiger partial charge in [-0.1, -0.05) is 31.3 Å². The Labute approximate surface area is 126 Å². The van der Waals surface area contributed by atoms with Crippen molar-refractivity contribution in [2.75, 3.05) is 13.2 Å². The zero-order chi connectivity index (χ0) is 15.3. The van der Waals surface area contributed by atoms with E-state index in [1.54, 1.807) is 0 Å². The second-order valence-corrected chi connectivity index (χ2v) is 5.83. The third-order valence-corrected chi connectivity index (χ3v) is 4.67. The Bertz CT molecular complexity index is 571. The van der Waals surface area contributed by atoms with Gasteiger partial charge in [0.15, 0.2) is 0 Å². The Hall–Kier alpha value is -1.79. The zero-order valence-corrected chi connectivity index (χ0v) is 12.8. The van der Waals surface area contributed by atoms with Gasteiger partial charge in [0.25, 0.3) is 5.91 Å². The predicted octanol–water partition coefficient (Wildman–Crippen LogP) is 2.65. The molecule has 0 unspecified atom stereocenters. The first kappa shape index (κ1) is 15.6. The summed E-state index contributed by atoms with van der Waals surface area (Å²) in [5.74, 6) is 5.48. The highest BCUT2D eigenvalue weighted by Gasteiger charge is 2.35. The van der Waals surface area contributed by atoms with E-state index in [0.29, 0.717) is 11.0 Å². The van der Waals surface area contributed by atoms with Crippen LogP contribution in [0.5, 0.6) is 0 Å². The summed E-state index contributed by atoms with van der Waals surface area (Å²) >= 11 is 0. The molecular formula is C18H23NO2. The van der Waals surface area contributed by atoms with Crippen LogP contribution in [-0.4, -0.2) is 24.2 Å². The van der Waals surface area contributed by atoms with E-state index in [9.17, 15) is 4.79 Å². The Morgan fingerprint density at radius 1 is 1.43 bits per heavy atom. The molecule has 0 atom stereocenters. The summed E-state index contributed by atoms with van der Waals surface area (Å²) < 4.78 is 0. The molecule has 1 aromatic carbocycles. The van der Waals surface area contributed by atoms with Crippen LogP contribution in [-0.2, 0) is 0 Å². The lowest BCUT2D eigenvalue weighted by Gasteiger charge is -2.41. The molecule has 21 heavy (non-hydrogen) atoms. The number of hydrogen-bond donors (Lipinski definition) is 2. The van der Waals surface area contributed by atoms with Crippen LogP contribution in [0.4, 0.5) is 0 Å². The molecule has 2 N–H and O–H groups in total. The van der Waals surface area contributed by atoms with Crippen LogP contribution in [0.2, 0.25) is 0 Å². The molecule has 0 aliphatic heterocycles. The SMILES string of the molecule is CCC1(CNC(=O)c2cccc(C#CCO)c2C)CCC1. The lowest BCUT2D eigenvalue weighted by atomic mass is 9.67. The minimum Gasteiger partial charge on any atom is -0.384 e. The quantitative estimate of drug-likeness (QED) is 0.836. The van der Waals surface area contributed by atoms with Crippen molar-refractivity contribution in [1.82, 2.24) is 5.32 Å². The highest BCUT2D eigenvalue weighted by molar-refractivity contribution is 5.96. The average molecular weight is 285 g/mol. The number of carbonyl (C=O) groups is 1. The third kappa shape index (κ3) is 3.46. The smallest absolute Gasteiger partial charge is 0.251 e. The molecule has 112 valence electrons. The van der Waals surface area contributed by atoms with Gasteiger partial charge in [-0.05, 0) is 49.3 Å². The number of carbonyl (C=O) groups excluding carboxylic acids is 1. The van der Waals surface area contributed by atoms with E-state index in [-0.39, 0.29) is 12.5 Å². The first-order valence-electron chi connectivity index (χ1n) is 7.59. The molecule has 1 fully saturated rings. The number of benzene rings is 1. The van der Waals surface area contributed by atoms with E-state index < -0.39 is 0 Å². The standard InChI is InChI=1S/C18H23NO2/c1-3-18(10-6-11-18)13-19-17(21)16-9-4-7-15(14(16)2)8-5-12-20/h4,7,9,20H,3,6,10-13H2,1-2H3,(H,19,21). The minimum absolute atomic E-state index is 0.0279. The molecule has 0 heterocycles. The van der Waals surface area contributed by atoms with Crippen LogP contribution in [0.15, 0.2) is 18.2 Å². The number of amides is 1.